The van der Waals surface area contributed by atoms with E-state index in [1.807, 2.05) is 20.8 Å². The van der Waals surface area contributed by atoms with Crippen molar-refractivity contribution >= 4 is 60.4 Å². The molecule has 0 fully saturated rings. The lowest BCUT2D eigenvalue weighted by molar-refractivity contribution is 0.368. The van der Waals surface area contributed by atoms with E-state index < -0.39 is 0 Å². The molecule has 0 radical (unpaired) electrons. The molecule has 0 amide bonds. The molecule has 11 aromatic rings. The summed E-state index contributed by atoms with van der Waals surface area (Å²) >= 11 is 0. The Hall–Kier alpha value is -7.24. The van der Waals surface area contributed by atoms with Crippen LogP contribution in [0.4, 0.5) is 0 Å². The maximum Gasteiger partial charge on any atom is 0.137 e. The predicted molar refractivity (Wildman–Crippen MR) is 411 cm³/mol. The molecule has 5 aromatic heterocycles. The number of furan rings is 5. The van der Waals surface area contributed by atoms with Crippen LogP contribution in [-0.4, -0.2) is 0 Å². The Kier molecular flexibility index (Phi) is 23.8. The van der Waals surface area contributed by atoms with Crippen molar-refractivity contribution in [2.45, 2.75) is 246 Å². The Bertz CT molecular complexity index is 4430. The third-order valence-corrected chi connectivity index (χ3v) is 18.0. The first-order valence-electron chi connectivity index (χ1n) is 35.1. The van der Waals surface area contributed by atoms with Crippen molar-refractivity contribution in [1.29, 1.82) is 0 Å². The van der Waals surface area contributed by atoms with Gasteiger partial charge in [-0.05, 0) is 245 Å². The van der Waals surface area contributed by atoms with Crippen LogP contribution in [0.5, 0.6) is 0 Å². The third-order valence-electron chi connectivity index (χ3n) is 18.0. The smallest absolute Gasteiger partial charge is 0.137 e. The highest BCUT2D eigenvalue weighted by Gasteiger charge is 2.23. The number of rotatable bonds is 7. The van der Waals surface area contributed by atoms with Crippen molar-refractivity contribution in [2.75, 3.05) is 0 Å². The van der Waals surface area contributed by atoms with Crippen LogP contribution in [0.3, 0.4) is 0 Å². The van der Waals surface area contributed by atoms with Crippen LogP contribution in [0.15, 0.2) is 137 Å². The Balaban J connectivity index is 0.000000161. The highest BCUT2D eigenvalue weighted by Crippen LogP contribution is 2.38. The average Bonchev–Trinajstić information content (AvgIpc) is 1.78. The summed E-state index contributed by atoms with van der Waals surface area (Å²) in [5.41, 5.74) is 27.2. The second-order valence-electron chi connectivity index (χ2n) is 34.4. The quantitative estimate of drug-likeness (QED) is 0.159. The van der Waals surface area contributed by atoms with Gasteiger partial charge in [0.25, 0.3) is 0 Å². The second kappa shape index (κ2) is 30.0. The average molecular weight is 1280 g/mol. The minimum Gasteiger partial charge on any atom is -0.461 e. The number of allylic oxidation sites excluding steroid dienone is 2. The van der Waals surface area contributed by atoms with E-state index in [1.54, 1.807) is 5.57 Å². The van der Waals surface area contributed by atoms with Crippen LogP contribution in [0.25, 0.3) is 60.4 Å². The number of benzene rings is 6. The lowest BCUT2D eigenvalue weighted by Gasteiger charge is -2.18. The topological polar surface area (TPSA) is 65.7 Å². The van der Waals surface area contributed by atoms with E-state index in [1.165, 1.54) is 118 Å². The summed E-state index contributed by atoms with van der Waals surface area (Å²) in [5.74, 6) is 6.14. The predicted octanol–water partition coefficient (Wildman–Crippen LogP) is 27.6. The van der Waals surface area contributed by atoms with Gasteiger partial charge in [-0.3, -0.25) is 0 Å². The van der Waals surface area contributed by atoms with Gasteiger partial charge in [0.05, 0.1) is 0 Å². The molecular formula is C90H120O5. The van der Waals surface area contributed by atoms with E-state index in [2.05, 4.69) is 289 Å². The largest absolute Gasteiger partial charge is 0.461 e. The van der Waals surface area contributed by atoms with Crippen molar-refractivity contribution < 1.29 is 22.1 Å². The molecule has 0 saturated carbocycles. The Morgan fingerprint density at radius 2 is 0.821 bits per heavy atom. The fourth-order valence-electron chi connectivity index (χ4n) is 13.0. The Morgan fingerprint density at radius 1 is 0.358 bits per heavy atom. The van der Waals surface area contributed by atoms with Crippen molar-refractivity contribution in [3.05, 3.63) is 216 Å². The fraction of sp³-hybridized carbons (Fsp3) is 0.467. The Morgan fingerprint density at radius 3 is 1.43 bits per heavy atom. The molecule has 0 spiro atoms. The highest BCUT2D eigenvalue weighted by atomic mass is 16.3. The Labute approximate surface area is 573 Å². The van der Waals surface area contributed by atoms with Gasteiger partial charge in [-0.15, -0.1) is 0 Å². The fourth-order valence-corrected chi connectivity index (χ4v) is 13.0. The first-order valence-corrected chi connectivity index (χ1v) is 35.1. The van der Waals surface area contributed by atoms with E-state index in [0.717, 1.165) is 94.7 Å². The maximum atomic E-state index is 5.96. The summed E-state index contributed by atoms with van der Waals surface area (Å²) < 4.78 is 29.3. The van der Waals surface area contributed by atoms with Crippen LogP contribution >= 0.6 is 0 Å². The number of para-hydroxylation sites is 1. The van der Waals surface area contributed by atoms with Crippen LogP contribution in [-0.2, 0) is 38.5 Å². The number of aryl methyl sites for hydroxylation is 11. The second-order valence-corrected chi connectivity index (χ2v) is 34.4. The molecule has 510 valence electrons. The van der Waals surface area contributed by atoms with Crippen LogP contribution in [0, 0.1) is 109 Å². The standard InChI is InChI=1S/5C15H20O.C15H20/c1-10-11(2)16-14-8-12(6-7-13(10)14)9-15(3,4)5;1-10-6-7-13-12(8-10)11(2)14(16-13)9-15(3,4)5;1-10-6-7-12-11(2)14(9-15(3,4)5)16-13(12)8-10;1-10-11(2)16-13-8-6-7-12(14(10)13)9-15(3,4)5;1-10-11(2)16-14-12(9-15(3,4)5)7-6-8-13(10)14;1-10(2)7-14-9-13-6-5-11(3)8-15(13)12(14)4/h5*6-8H,9H2,1-5H3;5-6,8,10H,7,9H2,1-4H3. The molecule has 0 aliphatic heterocycles. The lowest BCUT2D eigenvalue weighted by atomic mass is 9.86. The normalized spacial score (nSPS) is 12.7. The van der Waals surface area contributed by atoms with E-state index in [9.17, 15) is 0 Å². The highest BCUT2D eigenvalue weighted by molar-refractivity contribution is 5.87. The monoisotopic (exact) mass is 1280 g/mol. The molecule has 5 heteroatoms. The number of fused-ring (bicyclic) bond motifs is 6. The van der Waals surface area contributed by atoms with Gasteiger partial charge < -0.3 is 22.1 Å². The zero-order valence-electron chi connectivity index (χ0n) is 64.5. The van der Waals surface area contributed by atoms with Gasteiger partial charge in [-0.25, -0.2) is 0 Å². The zero-order valence-corrected chi connectivity index (χ0v) is 64.5. The molecule has 0 N–H and O–H groups in total. The van der Waals surface area contributed by atoms with Gasteiger partial charge in [-0.1, -0.05) is 213 Å². The lowest BCUT2D eigenvalue weighted by Crippen LogP contribution is -2.09. The summed E-state index contributed by atoms with van der Waals surface area (Å²) in [5, 5.41) is 6.34. The summed E-state index contributed by atoms with van der Waals surface area (Å²) in [4.78, 5) is 0. The van der Waals surface area contributed by atoms with Crippen molar-refractivity contribution in [3.8, 4) is 0 Å². The summed E-state index contributed by atoms with van der Waals surface area (Å²) in [7, 11) is 0. The van der Waals surface area contributed by atoms with Gasteiger partial charge in [-0.2, -0.15) is 0 Å². The van der Waals surface area contributed by atoms with Gasteiger partial charge in [0.15, 0.2) is 0 Å². The molecule has 5 nitrogen and oxygen atoms in total. The molecule has 0 atom stereocenters. The summed E-state index contributed by atoms with van der Waals surface area (Å²) in [6, 6.07) is 39.1. The minimum absolute atomic E-state index is 0.272. The zero-order chi connectivity index (χ0) is 70.6. The molecular weight excluding hydrogens is 1160 g/mol. The number of hydrogen-bond donors (Lipinski definition) is 0. The van der Waals surface area contributed by atoms with Crippen molar-refractivity contribution in [3.63, 3.8) is 0 Å². The van der Waals surface area contributed by atoms with Crippen molar-refractivity contribution in [1.82, 2.24) is 0 Å². The molecule has 6 aromatic carbocycles. The third kappa shape index (κ3) is 20.6. The molecule has 5 heterocycles. The molecule has 1 aliphatic carbocycles. The molecule has 12 rings (SSSR count). The van der Waals surface area contributed by atoms with E-state index >= 15 is 0 Å². The first-order chi connectivity index (χ1) is 43.9. The van der Waals surface area contributed by atoms with Gasteiger partial charge in [0.1, 0.15) is 56.7 Å². The molecule has 0 unspecified atom stereocenters. The van der Waals surface area contributed by atoms with Gasteiger partial charge >= 0.3 is 0 Å². The summed E-state index contributed by atoms with van der Waals surface area (Å²) in [6.07, 6.45) is 7.64. The first kappa shape index (κ1) is 75.1. The molecule has 0 saturated heterocycles. The van der Waals surface area contributed by atoms with Gasteiger partial charge in [0.2, 0.25) is 0 Å². The van der Waals surface area contributed by atoms with E-state index in [4.69, 9.17) is 22.1 Å². The maximum absolute atomic E-state index is 5.96. The van der Waals surface area contributed by atoms with Crippen LogP contribution < -0.4 is 0 Å². The van der Waals surface area contributed by atoms with E-state index in [-0.39, 0.29) is 10.8 Å². The van der Waals surface area contributed by atoms with Crippen LogP contribution in [0.1, 0.15) is 232 Å². The van der Waals surface area contributed by atoms with Crippen molar-refractivity contribution in [2.24, 2.45) is 33.0 Å². The SMILES string of the molecule is CC1=C(CC(C)C)Cc2ccc(C)cc21.Cc1ccc2c(C)c(CC(C)(C)C)oc2c1.Cc1ccc2oc(CC(C)(C)C)c(C)c2c1.Cc1oc2c(CC(C)(C)C)cccc2c1C.Cc1oc2cc(CC(C)(C)C)ccc2c1C.Cc1oc2cccc(CC(C)(C)C)c2c1C. The molecule has 1 aliphatic rings. The molecule has 0 bridgehead atoms. The molecule has 95 heavy (non-hydrogen) atoms. The summed E-state index contributed by atoms with van der Waals surface area (Å²) in [6.45, 7) is 63.9. The van der Waals surface area contributed by atoms with Crippen LogP contribution in [0.2, 0.25) is 0 Å². The number of hydrogen-bond acceptors (Lipinski definition) is 5. The van der Waals surface area contributed by atoms with Gasteiger partial charge in [0, 0.05) is 39.8 Å². The minimum atomic E-state index is 0.272. The van der Waals surface area contributed by atoms with E-state index in [0.29, 0.717) is 16.2 Å².